The van der Waals surface area contributed by atoms with E-state index >= 15 is 0 Å². The molecule has 1 saturated heterocycles. The maximum Gasteiger partial charge on any atom is 0.232 e. The molecule has 0 aliphatic carbocycles. The van der Waals surface area contributed by atoms with Crippen LogP contribution in [0.25, 0.3) is 0 Å². The highest BCUT2D eigenvalue weighted by Gasteiger charge is 2.22. The Morgan fingerprint density at radius 1 is 1.43 bits per heavy atom. The van der Waals surface area contributed by atoms with E-state index in [2.05, 4.69) is 10.3 Å². The Labute approximate surface area is 131 Å². The second-order valence-electron chi connectivity index (χ2n) is 5.53. The Balaban J connectivity index is 1.63. The smallest absolute Gasteiger partial charge is 0.232 e. The van der Waals surface area contributed by atoms with Crippen LogP contribution in [0.4, 0.5) is 0 Å². The Kier molecular flexibility index (Phi) is 7.03. The Hall–Kier alpha value is -1.07. The van der Waals surface area contributed by atoms with Gasteiger partial charge in [0.2, 0.25) is 5.91 Å². The summed E-state index contributed by atoms with van der Waals surface area (Å²) in [5.74, 6) is 2.44. The van der Waals surface area contributed by atoms with Crippen LogP contribution in [-0.2, 0) is 10.5 Å². The van der Waals surface area contributed by atoms with Gasteiger partial charge in [0.15, 0.2) is 0 Å². The van der Waals surface area contributed by atoms with Gasteiger partial charge in [0.25, 0.3) is 0 Å². The molecule has 0 spiro atoms. The van der Waals surface area contributed by atoms with Crippen LogP contribution >= 0.6 is 11.8 Å². The molecule has 0 bridgehead atoms. The van der Waals surface area contributed by atoms with E-state index < -0.39 is 0 Å². The number of hydrogen-bond donors (Lipinski definition) is 1. The summed E-state index contributed by atoms with van der Waals surface area (Å²) in [4.78, 5) is 18.5. The Morgan fingerprint density at radius 3 is 2.90 bits per heavy atom. The molecule has 0 aromatic carbocycles. The molecule has 4 nitrogen and oxygen atoms in total. The van der Waals surface area contributed by atoms with Gasteiger partial charge in [-0.3, -0.25) is 9.78 Å². The number of aromatic nitrogens is 1. The van der Waals surface area contributed by atoms with Gasteiger partial charge in [0, 0.05) is 25.0 Å². The van der Waals surface area contributed by atoms with Crippen LogP contribution in [0.5, 0.6) is 0 Å². The van der Waals surface area contributed by atoms with Crippen LogP contribution in [0, 0.1) is 5.92 Å². The maximum atomic E-state index is 12.2. The van der Waals surface area contributed by atoms with Gasteiger partial charge in [0.1, 0.15) is 0 Å². The summed E-state index contributed by atoms with van der Waals surface area (Å²) >= 11 is 1.66. The fraction of sp³-hybridized carbons (Fsp3) is 0.625. The summed E-state index contributed by atoms with van der Waals surface area (Å²) in [6, 6.07) is 5.91. The van der Waals surface area contributed by atoms with E-state index in [1.165, 1.54) is 6.42 Å². The molecule has 0 saturated carbocycles. The molecule has 1 aromatic rings. The predicted molar refractivity (Wildman–Crippen MR) is 88.2 cm³/mol. The quantitative estimate of drug-likeness (QED) is 0.838. The van der Waals surface area contributed by atoms with Gasteiger partial charge in [0.05, 0.1) is 11.4 Å². The van der Waals surface area contributed by atoms with Gasteiger partial charge in [-0.15, -0.1) is 11.8 Å². The zero-order chi connectivity index (χ0) is 14.9. The third-order valence-electron chi connectivity index (χ3n) is 3.97. The lowest BCUT2D eigenvalue weighted by molar-refractivity contribution is -0.129. The Morgan fingerprint density at radius 2 is 2.24 bits per heavy atom. The molecule has 0 atom stereocenters. The molecule has 0 radical (unpaired) electrons. The number of carbonyl (C=O) groups excluding carboxylic acids is 1. The number of hydrogen-bond acceptors (Lipinski definition) is 4. The topological polar surface area (TPSA) is 45.2 Å². The molecule has 5 heteroatoms. The monoisotopic (exact) mass is 307 g/mol. The third-order valence-corrected chi connectivity index (χ3v) is 4.92. The molecule has 1 aliphatic rings. The summed E-state index contributed by atoms with van der Waals surface area (Å²) in [6.07, 6.45) is 5.33. The summed E-state index contributed by atoms with van der Waals surface area (Å²) < 4.78 is 0. The van der Waals surface area contributed by atoms with Gasteiger partial charge in [-0.2, -0.15) is 0 Å². The molecule has 1 aliphatic heterocycles. The van der Waals surface area contributed by atoms with Crippen molar-refractivity contribution in [3.05, 3.63) is 30.1 Å². The van der Waals surface area contributed by atoms with Crippen LogP contribution in [0.15, 0.2) is 24.4 Å². The molecule has 0 unspecified atom stereocenters. The number of rotatable bonds is 7. The lowest BCUT2D eigenvalue weighted by Crippen LogP contribution is -2.39. The largest absolute Gasteiger partial charge is 0.342 e. The van der Waals surface area contributed by atoms with E-state index in [9.17, 15) is 4.79 Å². The van der Waals surface area contributed by atoms with Crippen molar-refractivity contribution in [3.63, 3.8) is 0 Å². The molecule has 2 rings (SSSR count). The number of piperidine rings is 1. The number of carbonyl (C=O) groups is 1. The first-order valence-corrected chi connectivity index (χ1v) is 8.85. The van der Waals surface area contributed by atoms with Gasteiger partial charge in [-0.1, -0.05) is 6.07 Å². The van der Waals surface area contributed by atoms with Crippen molar-refractivity contribution in [2.75, 3.05) is 32.4 Å². The molecule has 1 fully saturated rings. The van der Waals surface area contributed by atoms with E-state index in [4.69, 9.17) is 0 Å². The van der Waals surface area contributed by atoms with E-state index in [1.807, 2.05) is 30.1 Å². The Bertz CT molecular complexity index is 419. The van der Waals surface area contributed by atoms with Crippen LogP contribution < -0.4 is 5.32 Å². The van der Waals surface area contributed by atoms with Gasteiger partial charge in [-0.05, 0) is 50.9 Å². The minimum Gasteiger partial charge on any atom is -0.342 e. The summed E-state index contributed by atoms with van der Waals surface area (Å²) in [6.45, 7) is 2.94. The van der Waals surface area contributed by atoms with Gasteiger partial charge < -0.3 is 10.2 Å². The first-order valence-electron chi connectivity index (χ1n) is 7.69. The molecule has 2 heterocycles. The number of likely N-dealkylation sites (tertiary alicyclic amines) is 1. The fourth-order valence-corrected chi connectivity index (χ4v) is 3.48. The normalized spacial score (nSPS) is 16.1. The van der Waals surface area contributed by atoms with Crippen molar-refractivity contribution in [3.8, 4) is 0 Å². The lowest BCUT2D eigenvalue weighted by atomic mass is 9.93. The predicted octanol–water partition coefficient (Wildman–Crippen LogP) is 2.16. The highest BCUT2D eigenvalue weighted by molar-refractivity contribution is 7.99. The van der Waals surface area contributed by atoms with Crippen molar-refractivity contribution in [2.45, 2.75) is 25.0 Å². The summed E-state index contributed by atoms with van der Waals surface area (Å²) in [7, 11) is 2.00. The standard InChI is InChI=1S/C16H25N3OS/c1-17-9-5-14-6-10-19(11-7-14)16(20)13-21-12-15-4-2-3-8-18-15/h2-4,8,14,17H,5-7,9-13H2,1H3. The van der Waals surface area contributed by atoms with Crippen LogP contribution in [-0.4, -0.2) is 48.2 Å². The highest BCUT2D eigenvalue weighted by atomic mass is 32.2. The minimum atomic E-state index is 0.281. The minimum absolute atomic E-state index is 0.281. The van der Waals surface area contributed by atoms with Crippen molar-refractivity contribution >= 4 is 17.7 Å². The van der Waals surface area contributed by atoms with Crippen LogP contribution in [0.2, 0.25) is 0 Å². The van der Waals surface area contributed by atoms with E-state index in [-0.39, 0.29) is 5.91 Å². The zero-order valence-electron chi connectivity index (χ0n) is 12.8. The van der Waals surface area contributed by atoms with Gasteiger partial charge >= 0.3 is 0 Å². The third kappa shape index (κ3) is 5.67. The molecular formula is C16H25N3OS. The van der Waals surface area contributed by atoms with E-state index in [1.54, 1.807) is 18.0 Å². The number of thioether (sulfide) groups is 1. The maximum absolute atomic E-state index is 12.2. The number of amides is 1. The first kappa shape index (κ1) is 16.3. The lowest BCUT2D eigenvalue weighted by Gasteiger charge is -2.32. The second-order valence-corrected chi connectivity index (χ2v) is 6.52. The average molecular weight is 307 g/mol. The SMILES string of the molecule is CNCCC1CCN(C(=O)CSCc2ccccn2)CC1. The van der Waals surface area contributed by atoms with Gasteiger partial charge in [-0.25, -0.2) is 0 Å². The summed E-state index contributed by atoms with van der Waals surface area (Å²) in [5.41, 5.74) is 1.04. The van der Waals surface area contributed by atoms with E-state index in [0.717, 1.165) is 49.8 Å². The molecular weight excluding hydrogens is 282 g/mol. The number of nitrogens with zero attached hydrogens (tertiary/aromatic N) is 2. The molecule has 1 N–H and O–H groups in total. The molecule has 1 amide bonds. The zero-order valence-corrected chi connectivity index (χ0v) is 13.6. The molecule has 116 valence electrons. The van der Waals surface area contributed by atoms with Crippen molar-refractivity contribution in [2.24, 2.45) is 5.92 Å². The number of pyridine rings is 1. The number of nitrogens with one attached hydrogen (secondary N) is 1. The van der Waals surface area contributed by atoms with Crippen molar-refractivity contribution in [1.82, 2.24) is 15.2 Å². The average Bonchev–Trinajstić information content (AvgIpc) is 2.54. The first-order chi connectivity index (χ1) is 10.3. The van der Waals surface area contributed by atoms with E-state index in [0.29, 0.717) is 5.75 Å². The van der Waals surface area contributed by atoms with Crippen LogP contribution in [0.1, 0.15) is 25.0 Å². The second kappa shape index (κ2) is 9.05. The van der Waals surface area contributed by atoms with Crippen molar-refractivity contribution < 1.29 is 4.79 Å². The molecule has 1 aromatic heterocycles. The highest BCUT2D eigenvalue weighted by Crippen LogP contribution is 2.21. The van der Waals surface area contributed by atoms with Crippen LogP contribution in [0.3, 0.4) is 0 Å². The van der Waals surface area contributed by atoms with Crippen molar-refractivity contribution in [1.29, 1.82) is 0 Å². The fourth-order valence-electron chi connectivity index (χ4n) is 2.64. The molecule has 21 heavy (non-hydrogen) atoms. The summed E-state index contributed by atoms with van der Waals surface area (Å²) in [5, 5.41) is 3.20.